The van der Waals surface area contributed by atoms with E-state index in [-0.39, 0.29) is 12.6 Å². The van der Waals surface area contributed by atoms with Gasteiger partial charge in [0.05, 0.1) is 17.8 Å². The summed E-state index contributed by atoms with van der Waals surface area (Å²) >= 11 is 11.9. The second kappa shape index (κ2) is 4.75. The van der Waals surface area contributed by atoms with Crippen molar-refractivity contribution in [3.63, 3.8) is 0 Å². The van der Waals surface area contributed by atoms with Crippen molar-refractivity contribution in [1.29, 1.82) is 0 Å². The lowest BCUT2D eigenvalue weighted by atomic mass is 10.1. The van der Waals surface area contributed by atoms with E-state index in [1.54, 1.807) is 0 Å². The normalized spacial score (nSPS) is 28.8. The fourth-order valence-corrected chi connectivity index (χ4v) is 4.30. The molecule has 3 fully saturated rings. The molecule has 3 atom stereocenters. The van der Waals surface area contributed by atoms with Gasteiger partial charge in [0, 0.05) is 16.6 Å². The predicted molar refractivity (Wildman–Crippen MR) is 81.9 cm³/mol. The Morgan fingerprint density at radius 2 is 1.83 bits per heavy atom. The standard InChI is InChI=1S/C14H11Cl2N3O4/c15-6-1-7(16)3-8(2-6)19-12(20)11-10-4-9(18(11)13(19)21)5-17(10)14(22)23/h1-3,9-11H,4-5H2,(H,22,23). The third-order valence-electron chi connectivity index (χ3n) is 4.62. The molecule has 0 radical (unpaired) electrons. The van der Waals surface area contributed by atoms with Crippen molar-refractivity contribution in [3.8, 4) is 0 Å². The molecule has 0 aromatic heterocycles. The Hall–Kier alpha value is -1.99. The van der Waals surface area contributed by atoms with Crippen LogP contribution in [-0.2, 0) is 4.79 Å². The number of piperazine rings is 1. The number of likely N-dealkylation sites (tertiary alicyclic amines) is 1. The molecule has 3 aliphatic rings. The minimum atomic E-state index is -1.07. The predicted octanol–water partition coefficient (Wildman–Crippen LogP) is 2.27. The molecular weight excluding hydrogens is 345 g/mol. The smallest absolute Gasteiger partial charge is 0.407 e. The Bertz CT molecular complexity index is 735. The summed E-state index contributed by atoms with van der Waals surface area (Å²) in [6.07, 6.45) is -0.569. The van der Waals surface area contributed by atoms with Crippen molar-refractivity contribution in [2.75, 3.05) is 11.4 Å². The van der Waals surface area contributed by atoms with Crippen molar-refractivity contribution in [3.05, 3.63) is 28.2 Å². The minimum Gasteiger partial charge on any atom is -0.465 e. The number of anilines is 1. The molecule has 2 bridgehead atoms. The molecule has 3 saturated heterocycles. The highest BCUT2D eigenvalue weighted by atomic mass is 35.5. The summed E-state index contributed by atoms with van der Waals surface area (Å²) in [6, 6.07) is 2.51. The number of benzene rings is 1. The largest absolute Gasteiger partial charge is 0.465 e. The number of halogens is 2. The number of hydrogen-bond donors (Lipinski definition) is 1. The number of rotatable bonds is 1. The van der Waals surface area contributed by atoms with Gasteiger partial charge in [-0.15, -0.1) is 0 Å². The van der Waals surface area contributed by atoms with Gasteiger partial charge in [0.1, 0.15) is 6.04 Å². The van der Waals surface area contributed by atoms with Crippen molar-refractivity contribution in [1.82, 2.24) is 9.80 Å². The fourth-order valence-electron chi connectivity index (χ4n) is 3.78. The maximum atomic E-state index is 12.7. The van der Waals surface area contributed by atoms with Crippen molar-refractivity contribution in [2.45, 2.75) is 24.5 Å². The Morgan fingerprint density at radius 1 is 1.17 bits per heavy atom. The molecule has 3 aliphatic heterocycles. The summed E-state index contributed by atoms with van der Waals surface area (Å²) in [7, 11) is 0. The highest BCUT2D eigenvalue weighted by Gasteiger charge is 2.63. The second-order valence-corrected chi connectivity index (χ2v) is 6.70. The summed E-state index contributed by atoms with van der Waals surface area (Å²) in [5.41, 5.74) is 0.299. The lowest BCUT2D eigenvalue weighted by molar-refractivity contribution is -0.121. The second-order valence-electron chi connectivity index (χ2n) is 5.83. The molecule has 3 heterocycles. The van der Waals surface area contributed by atoms with Crippen LogP contribution in [0.15, 0.2) is 18.2 Å². The SMILES string of the molecule is O=C1C2C3CC(CN3C(=O)O)N2C(=O)N1c1cc(Cl)cc(Cl)c1. The number of carboxylic acid groups (broad SMARTS) is 1. The zero-order valence-electron chi connectivity index (χ0n) is 11.6. The summed E-state index contributed by atoms with van der Waals surface area (Å²) in [5.74, 6) is -0.438. The quantitative estimate of drug-likeness (QED) is 0.783. The van der Waals surface area contributed by atoms with Gasteiger partial charge in [0.15, 0.2) is 0 Å². The van der Waals surface area contributed by atoms with Crippen molar-refractivity contribution < 1.29 is 19.5 Å². The lowest BCUT2D eigenvalue weighted by Crippen LogP contribution is -2.54. The van der Waals surface area contributed by atoms with Gasteiger partial charge in [-0.05, 0) is 24.6 Å². The number of amides is 4. The van der Waals surface area contributed by atoms with Gasteiger partial charge in [0.2, 0.25) is 0 Å². The minimum absolute atomic E-state index is 0.236. The van der Waals surface area contributed by atoms with Crippen LogP contribution in [0.25, 0.3) is 0 Å². The third-order valence-corrected chi connectivity index (χ3v) is 5.05. The molecule has 0 spiro atoms. The van der Waals surface area contributed by atoms with Gasteiger partial charge >= 0.3 is 12.1 Å². The zero-order chi connectivity index (χ0) is 16.5. The summed E-state index contributed by atoms with van der Waals surface area (Å²) in [6.45, 7) is 0.236. The molecular formula is C14H11Cl2N3O4. The molecule has 0 aliphatic carbocycles. The van der Waals surface area contributed by atoms with Gasteiger partial charge in [0.25, 0.3) is 5.91 Å². The third kappa shape index (κ3) is 1.93. The number of hydrogen-bond acceptors (Lipinski definition) is 3. The van der Waals surface area contributed by atoms with Gasteiger partial charge in [-0.3, -0.25) is 4.79 Å². The van der Waals surface area contributed by atoms with Crippen LogP contribution in [0, 0.1) is 0 Å². The van der Waals surface area contributed by atoms with E-state index in [4.69, 9.17) is 23.2 Å². The van der Waals surface area contributed by atoms with Crippen LogP contribution in [0.2, 0.25) is 10.0 Å². The number of fused-ring (bicyclic) bond motifs is 5. The van der Waals surface area contributed by atoms with E-state index in [0.29, 0.717) is 22.2 Å². The topological polar surface area (TPSA) is 81.2 Å². The molecule has 1 aromatic carbocycles. The number of urea groups is 1. The van der Waals surface area contributed by atoms with Gasteiger partial charge < -0.3 is 14.9 Å². The number of carbonyl (C=O) groups excluding carboxylic acids is 2. The van der Waals surface area contributed by atoms with Crippen LogP contribution in [-0.4, -0.2) is 57.6 Å². The zero-order valence-corrected chi connectivity index (χ0v) is 13.2. The first-order chi connectivity index (χ1) is 10.9. The molecule has 4 rings (SSSR count). The van der Waals surface area contributed by atoms with Gasteiger partial charge in [-0.2, -0.15) is 0 Å². The summed E-state index contributed by atoms with van der Waals surface area (Å²) in [5, 5.41) is 9.86. The van der Waals surface area contributed by atoms with E-state index in [1.165, 1.54) is 28.0 Å². The molecule has 23 heavy (non-hydrogen) atoms. The summed E-state index contributed by atoms with van der Waals surface area (Å²) < 4.78 is 0. The molecule has 9 heteroatoms. The molecule has 120 valence electrons. The number of nitrogens with zero attached hydrogens (tertiary/aromatic N) is 3. The Morgan fingerprint density at radius 3 is 2.43 bits per heavy atom. The first kappa shape index (κ1) is 14.6. The first-order valence-electron chi connectivity index (χ1n) is 7.00. The van der Waals surface area contributed by atoms with Crippen LogP contribution < -0.4 is 4.90 Å². The van der Waals surface area contributed by atoms with E-state index in [0.717, 1.165) is 4.90 Å². The Labute approximate surface area is 140 Å². The van der Waals surface area contributed by atoms with Crippen LogP contribution in [0.4, 0.5) is 15.3 Å². The van der Waals surface area contributed by atoms with E-state index >= 15 is 0 Å². The van der Waals surface area contributed by atoms with Gasteiger partial charge in [-0.25, -0.2) is 14.5 Å². The summed E-state index contributed by atoms with van der Waals surface area (Å²) in [4.78, 5) is 40.4. The number of imide groups is 1. The maximum Gasteiger partial charge on any atom is 0.407 e. The highest BCUT2D eigenvalue weighted by molar-refractivity contribution is 6.35. The van der Waals surface area contributed by atoms with Gasteiger partial charge in [-0.1, -0.05) is 23.2 Å². The first-order valence-corrected chi connectivity index (χ1v) is 7.76. The van der Waals surface area contributed by atoms with E-state index in [2.05, 4.69) is 0 Å². The Balaban J connectivity index is 1.72. The van der Waals surface area contributed by atoms with Crippen LogP contribution in [0.3, 0.4) is 0 Å². The lowest BCUT2D eigenvalue weighted by Gasteiger charge is -2.32. The Kier molecular flexibility index (Phi) is 3.01. The molecule has 1 aromatic rings. The number of carbonyl (C=O) groups is 3. The average Bonchev–Trinajstić information content (AvgIpc) is 3.09. The molecule has 4 amide bonds. The van der Waals surface area contributed by atoms with E-state index in [1.807, 2.05) is 0 Å². The van der Waals surface area contributed by atoms with Crippen LogP contribution in [0.5, 0.6) is 0 Å². The average molecular weight is 356 g/mol. The molecule has 7 nitrogen and oxygen atoms in total. The monoisotopic (exact) mass is 355 g/mol. The molecule has 1 N–H and O–H groups in total. The van der Waals surface area contributed by atoms with Crippen LogP contribution in [0.1, 0.15) is 6.42 Å². The fraction of sp³-hybridized carbons (Fsp3) is 0.357. The van der Waals surface area contributed by atoms with Crippen LogP contribution >= 0.6 is 23.2 Å². The van der Waals surface area contributed by atoms with E-state index in [9.17, 15) is 19.5 Å². The highest BCUT2D eigenvalue weighted by Crippen LogP contribution is 2.42. The molecule has 0 saturated carbocycles. The van der Waals surface area contributed by atoms with E-state index < -0.39 is 30.1 Å². The maximum absolute atomic E-state index is 12.7. The molecule has 3 unspecified atom stereocenters. The van der Waals surface area contributed by atoms with Crippen molar-refractivity contribution >= 4 is 46.9 Å². The van der Waals surface area contributed by atoms with Crippen molar-refractivity contribution in [2.24, 2.45) is 0 Å².